The lowest BCUT2D eigenvalue weighted by atomic mass is 9.86. The van der Waals surface area contributed by atoms with Crippen LogP contribution < -0.4 is 4.90 Å². The fraction of sp³-hybridized carbons (Fsp3) is 0.0980. The van der Waals surface area contributed by atoms with Crippen molar-refractivity contribution in [3.05, 3.63) is 187 Å². The standard InChI is InChI=1S/C51H39N5/c1-33-8-12-48-44(24-33)45-25-34(2)9-13-49(45)56(48)43-11-15-51-47(30-43)46-29-42(10-14-50(46)55(51)41-6-4-3-5-7-41)54-31-40(32-54)39-27-37(35-16-20-52-21-17-35)26-38(28-39)36-18-22-53-23-19-36/h3-30,40H,31-32H2,1-2H3. The highest BCUT2D eigenvalue weighted by Crippen LogP contribution is 2.41. The van der Waals surface area contributed by atoms with Gasteiger partial charge in [-0.1, -0.05) is 53.6 Å². The predicted octanol–water partition coefficient (Wildman–Crippen LogP) is 12.2. The average molecular weight is 722 g/mol. The van der Waals surface area contributed by atoms with Crippen molar-refractivity contribution in [2.24, 2.45) is 0 Å². The first-order valence-electron chi connectivity index (χ1n) is 19.4. The summed E-state index contributed by atoms with van der Waals surface area (Å²) in [5, 5.41) is 5.11. The zero-order valence-corrected chi connectivity index (χ0v) is 31.4. The van der Waals surface area contributed by atoms with Gasteiger partial charge in [-0.25, -0.2) is 0 Å². The Kier molecular flexibility index (Phi) is 7.43. The lowest BCUT2D eigenvalue weighted by Gasteiger charge is -2.41. The first-order valence-corrected chi connectivity index (χ1v) is 19.4. The van der Waals surface area contributed by atoms with Crippen molar-refractivity contribution in [3.63, 3.8) is 0 Å². The smallest absolute Gasteiger partial charge is 0.0542 e. The van der Waals surface area contributed by atoms with E-state index in [0.717, 1.165) is 13.1 Å². The van der Waals surface area contributed by atoms with Gasteiger partial charge in [0.15, 0.2) is 0 Å². The molecule has 0 saturated carbocycles. The van der Waals surface area contributed by atoms with Gasteiger partial charge >= 0.3 is 0 Å². The minimum absolute atomic E-state index is 0.424. The second kappa shape index (κ2) is 12.8. The molecule has 1 aliphatic rings. The molecule has 0 radical (unpaired) electrons. The van der Waals surface area contributed by atoms with Crippen molar-refractivity contribution in [1.82, 2.24) is 19.1 Å². The number of hydrogen-bond donors (Lipinski definition) is 0. The summed E-state index contributed by atoms with van der Waals surface area (Å²) in [5.41, 5.74) is 17.2. The molecule has 4 aromatic heterocycles. The van der Waals surface area contributed by atoms with Crippen molar-refractivity contribution in [3.8, 4) is 33.6 Å². The Morgan fingerprint density at radius 3 is 1.43 bits per heavy atom. The van der Waals surface area contributed by atoms with E-state index in [1.165, 1.54) is 99.6 Å². The van der Waals surface area contributed by atoms with Crippen LogP contribution in [0.25, 0.3) is 77.2 Å². The Hall–Kier alpha value is -6.98. The van der Waals surface area contributed by atoms with Gasteiger partial charge < -0.3 is 14.0 Å². The highest BCUT2D eigenvalue weighted by Gasteiger charge is 2.30. The van der Waals surface area contributed by atoms with Crippen LogP contribution >= 0.6 is 0 Å². The van der Waals surface area contributed by atoms with Crippen LogP contribution in [0, 0.1) is 13.8 Å². The van der Waals surface area contributed by atoms with Gasteiger partial charge in [0.05, 0.1) is 22.1 Å². The predicted molar refractivity (Wildman–Crippen MR) is 232 cm³/mol. The summed E-state index contributed by atoms with van der Waals surface area (Å²) in [5.74, 6) is 0.424. The minimum Gasteiger partial charge on any atom is -0.370 e. The topological polar surface area (TPSA) is 38.9 Å². The summed E-state index contributed by atoms with van der Waals surface area (Å²) in [6.07, 6.45) is 7.49. The lowest BCUT2D eigenvalue weighted by molar-refractivity contribution is 0.526. The van der Waals surface area contributed by atoms with Crippen molar-refractivity contribution in [1.29, 1.82) is 0 Å². The van der Waals surface area contributed by atoms with E-state index in [4.69, 9.17) is 0 Å². The molecule has 0 unspecified atom stereocenters. The molecule has 0 bridgehead atoms. The fourth-order valence-electron chi connectivity index (χ4n) is 8.93. The van der Waals surface area contributed by atoms with E-state index in [1.807, 2.05) is 24.8 Å². The highest BCUT2D eigenvalue weighted by molar-refractivity contribution is 6.13. The average Bonchev–Trinajstić information content (AvgIpc) is 3.72. The zero-order chi connectivity index (χ0) is 37.3. The Bertz CT molecular complexity index is 2980. The van der Waals surface area contributed by atoms with Crippen LogP contribution in [0.15, 0.2) is 170 Å². The molecule has 1 saturated heterocycles. The number of nitrogens with zero attached hydrogens (tertiary/aromatic N) is 5. The summed E-state index contributed by atoms with van der Waals surface area (Å²) in [6.45, 7) is 6.29. The molecular formula is C51H39N5. The van der Waals surface area contributed by atoms with Gasteiger partial charge in [0.1, 0.15) is 0 Å². The SMILES string of the molecule is Cc1ccc2c(c1)c1cc(C)ccc1n2-c1ccc2c(c1)c1cc(N3CC(c4cc(-c5ccncc5)cc(-c5ccncc5)c4)C3)ccc1n2-c1ccccc1. The molecule has 0 atom stereocenters. The van der Waals surface area contributed by atoms with Crippen molar-refractivity contribution >= 4 is 49.3 Å². The van der Waals surface area contributed by atoms with E-state index in [9.17, 15) is 0 Å². The maximum Gasteiger partial charge on any atom is 0.0542 e. The molecule has 5 heteroatoms. The fourth-order valence-corrected chi connectivity index (χ4v) is 8.93. The zero-order valence-electron chi connectivity index (χ0n) is 31.4. The van der Waals surface area contributed by atoms with E-state index >= 15 is 0 Å². The van der Waals surface area contributed by atoms with Gasteiger partial charge in [0.25, 0.3) is 0 Å². The molecule has 1 fully saturated rings. The van der Waals surface area contributed by atoms with Gasteiger partial charge in [-0.15, -0.1) is 0 Å². The van der Waals surface area contributed by atoms with E-state index in [1.54, 1.807) is 0 Å². The van der Waals surface area contributed by atoms with E-state index in [-0.39, 0.29) is 0 Å². The number of hydrogen-bond acceptors (Lipinski definition) is 3. The number of anilines is 1. The summed E-state index contributed by atoms with van der Waals surface area (Å²) in [6, 6.07) is 53.9. The largest absolute Gasteiger partial charge is 0.370 e. The van der Waals surface area contributed by atoms with Gasteiger partial charge in [0.2, 0.25) is 0 Å². The van der Waals surface area contributed by atoms with Gasteiger partial charge in [-0.05, 0) is 145 Å². The number of fused-ring (bicyclic) bond motifs is 6. The minimum atomic E-state index is 0.424. The number of rotatable bonds is 6. The lowest BCUT2D eigenvalue weighted by Crippen LogP contribution is -2.45. The van der Waals surface area contributed by atoms with Crippen LogP contribution in [0.2, 0.25) is 0 Å². The number of aromatic nitrogens is 4. The molecule has 6 aromatic carbocycles. The molecule has 0 N–H and O–H groups in total. The van der Waals surface area contributed by atoms with E-state index < -0.39 is 0 Å². The third kappa shape index (κ3) is 5.30. The number of benzene rings is 6. The second-order valence-electron chi connectivity index (χ2n) is 15.4. The normalized spacial score (nSPS) is 13.3. The Labute approximate surface area is 325 Å². The van der Waals surface area contributed by atoms with E-state index in [0.29, 0.717) is 5.92 Å². The van der Waals surface area contributed by atoms with Crippen LogP contribution in [0.3, 0.4) is 0 Å². The third-order valence-corrected chi connectivity index (χ3v) is 11.8. The molecule has 0 aliphatic carbocycles. The molecule has 1 aliphatic heterocycles. The third-order valence-electron chi connectivity index (χ3n) is 11.8. The molecule has 56 heavy (non-hydrogen) atoms. The summed E-state index contributed by atoms with van der Waals surface area (Å²) < 4.78 is 4.86. The molecule has 5 heterocycles. The maximum absolute atomic E-state index is 4.27. The van der Waals surface area contributed by atoms with Crippen LogP contribution in [0.4, 0.5) is 5.69 Å². The first-order chi connectivity index (χ1) is 27.6. The first kappa shape index (κ1) is 32.5. The molecule has 10 aromatic rings. The number of para-hydroxylation sites is 1. The Morgan fingerprint density at radius 1 is 0.411 bits per heavy atom. The van der Waals surface area contributed by atoms with Gasteiger partial charge in [-0.2, -0.15) is 0 Å². The Morgan fingerprint density at radius 2 is 0.875 bits per heavy atom. The van der Waals surface area contributed by atoms with E-state index in [2.05, 4.69) is 183 Å². The van der Waals surface area contributed by atoms with Crippen molar-refractivity contribution < 1.29 is 0 Å². The van der Waals surface area contributed by atoms with Crippen LogP contribution in [-0.4, -0.2) is 32.2 Å². The monoisotopic (exact) mass is 721 g/mol. The Balaban J connectivity index is 1.01. The molecule has 0 spiro atoms. The molecule has 11 rings (SSSR count). The number of aryl methyl sites for hydroxylation is 2. The molecule has 268 valence electrons. The second-order valence-corrected chi connectivity index (χ2v) is 15.4. The molecular weight excluding hydrogens is 683 g/mol. The van der Waals surface area contributed by atoms with Crippen LogP contribution in [0.1, 0.15) is 22.6 Å². The molecule has 5 nitrogen and oxygen atoms in total. The van der Waals surface area contributed by atoms with Crippen molar-refractivity contribution in [2.45, 2.75) is 19.8 Å². The molecule has 0 amide bonds. The number of pyridine rings is 2. The quantitative estimate of drug-likeness (QED) is 0.172. The maximum atomic E-state index is 4.27. The summed E-state index contributed by atoms with van der Waals surface area (Å²) in [4.78, 5) is 11.1. The van der Waals surface area contributed by atoms with Crippen molar-refractivity contribution in [2.75, 3.05) is 18.0 Å². The van der Waals surface area contributed by atoms with Gasteiger partial charge in [-0.3, -0.25) is 9.97 Å². The summed E-state index contributed by atoms with van der Waals surface area (Å²) >= 11 is 0. The highest BCUT2D eigenvalue weighted by atomic mass is 15.2. The summed E-state index contributed by atoms with van der Waals surface area (Å²) in [7, 11) is 0. The van der Waals surface area contributed by atoms with Crippen LogP contribution in [-0.2, 0) is 0 Å². The van der Waals surface area contributed by atoms with Crippen LogP contribution in [0.5, 0.6) is 0 Å². The van der Waals surface area contributed by atoms with Gasteiger partial charge in [0, 0.05) is 82.4 Å².